The molecule has 1 saturated heterocycles. The molecule has 1 aromatic rings. The summed E-state index contributed by atoms with van der Waals surface area (Å²) < 4.78 is 25.5. The van der Waals surface area contributed by atoms with Crippen LogP contribution in [0, 0.1) is 0 Å². The molecule has 0 aromatic heterocycles. The number of hydrogen-bond donors (Lipinski definition) is 2. The van der Waals surface area contributed by atoms with Crippen LogP contribution in [0.2, 0.25) is 0 Å². The number of anilines is 1. The predicted octanol–water partition coefficient (Wildman–Crippen LogP) is 1.06. The highest BCUT2D eigenvalue weighted by Gasteiger charge is 2.11. The Morgan fingerprint density at radius 2 is 1.85 bits per heavy atom. The third kappa shape index (κ3) is 4.37. The van der Waals surface area contributed by atoms with Gasteiger partial charge in [0.2, 0.25) is 10.0 Å². The molecule has 5 nitrogen and oxygen atoms in total. The van der Waals surface area contributed by atoms with E-state index in [9.17, 15) is 8.42 Å². The average Bonchev–Trinajstić information content (AvgIpc) is 2.49. The third-order valence-corrected chi connectivity index (χ3v) is 5.67. The highest BCUT2D eigenvalue weighted by molar-refractivity contribution is 7.99. The minimum Gasteiger partial charge on any atom is -0.384 e. The van der Waals surface area contributed by atoms with Gasteiger partial charge in [0, 0.05) is 43.4 Å². The summed E-state index contributed by atoms with van der Waals surface area (Å²) in [6.07, 6.45) is 0. The Kier molecular flexibility index (Phi) is 5.71. The fraction of sp³-hybridized carbons (Fsp3) is 0.538. The molecule has 20 heavy (non-hydrogen) atoms. The lowest BCUT2D eigenvalue weighted by Gasteiger charge is -2.26. The first-order valence-corrected chi connectivity index (χ1v) is 9.33. The molecule has 0 saturated carbocycles. The summed E-state index contributed by atoms with van der Waals surface area (Å²) in [5.74, 6) is 2.44. The highest BCUT2D eigenvalue weighted by Crippen LogP contribution is 2.14. The summed E-state index contributed by atoms with van der Waals surface area (Å²) in [6.45, 7) is 4.22. The van der Waals surface area contributed by atoms with Gasteiger partial charge in [0.1, 0.15) is 0 Å². The molecule has 0 spiro atoms. The van der Waals surface area contributed by atoms with Crippen molar-refractivity contribution in [3.8, 4) is 0 Å². The lowest BCUT2D eigenvalue weighted by atomic mass is 10.3. The standard InChI is InChI=1S/C13H21N3O2S2/c1-14-20(17,18)13-4-2-12(3-5-13)15-6-7-16-8-10-19-11-9-16/h2-5,14-15H,6-11H2,1H3. The van der Waals surface area contributed by atoms with E-state index in [0.717, 1.165) is 31.9 Å². The van der Waals surface area contributed by atoms with Gasteiger partial charge in [-0.25, -0.2) is 13.1 Å². The molecule has 0 radical (unpaired) electrons. The van der Waals surface area contributed by atoms with Gasteiger partial charge in [-0.05, 0) is 31.3 Å². The van der Waals surface area contributed by atoms with Crippen molar-refractivity contribution in [2.24, 2.45) is 0 Å². The van der Waals surface area contributed by atoms with Crippen LogP contribution >= 0.6 is 11.8 Å². The molecule has 0 unspecified atom stereocenters. The van der Waals surface area contributed by atoms with Crippen LogP contribution in [-0.2, 0) is 10.0 Å². The Bertz CT molecular complexity index is 511. The Morgan fingerprint density at radius 3 is 2.45 bits per heavy atom. The first-order chi connectivity index (χ1) is 9.62. The summed E-state index contributed by atoms with van der Waals surface area (Å²) in [4.78, 5) is 2.74. The molecule has 2 rings (SSSR count). The van der Waals surface area contributed by atoms with Gasteiger partial charge in [-0.1, -0.05) is 0 Å². The first-order valence-electron chi connectivity index (χ1n) is 6.69. The molecule has 1 aliphatic rings. The zero-order valence-electron chi connectivity index (χ0n) is 11.6. The van der Waals surface area contributed by atoms with Crippen molar-refractivity contribution in [1.82, 2.24) is 9.62 Å². The summed E-state index contributed by atoms with van der Waals surface area (Å²) in [5.41, 5.74) is 0.950. The maximum absolute atomic E-state index is 11.6. The molecule has 0 atom stereocenters. The van der Waals surface area contributed by atoms with Crippen LogP contribution in [0.15, 0.2) is 29.2 Å². The topological polar surface area (TPSA) is 61.4 Å². The van der Waals surface area contributed by atoms with Crippen molar-refractivity contribution in [2.45, 2.75) is 4.90 Å². The van der Waals surface area contributed by atoms with Crippen LogP contribution in [0.4, 0.5) is 5.69 Å². The number of sulfonamides is 1. The number of thioether (sulfide) groups is 1. The van der Waals surface area contributed by atoms with E-state index in [1.807, 2.05) is 11.8 Å². The number of nitrogens with zero attached hydrogens (tertiary/aromatic N) is 1. The number of nitrogens with one attached hydrogen (secondary N) is 2. The second-order valence-electron chi connectivity index (χ2n) is 4.61. The van der Waals surface area contributed by atoms with Crippen molar-refractivity contribution in [3.63, 3.8) is 0 Å². The Labute approximate surface area is 125 Å². The Balaban J connectivity index is 1.82. The van der Waals surface area contributed by atoms with Crippen LogP contribution in [0.25, 0.3) is 0 Å². The number of benzene rings is 1. The van der Waals surface area contributed by atoms with Gasteiger partial charge < -0.3 is 5.32 Å². The average molecular weight is 315 g/mol. The van der Waals surface area contributed by atoms with Crippen LogP contribution in [0.1, 0.15) is 0 Å². The molecule has 0 aliphatic carbocycles. The van der Waals surface area contributed by atoms with Gasteiger partial charge >= 0.3 is 0 Å². The summed E-state index contributed by atoms with van der Waals surface area (Å²) in [5, 5.41) is 3.32. The molecular formula is C13H21N3O2S2. The summed E-state index contributed by atoms with van der Waals surface area (Å²) in [7, 11) is -1.93. The third-order valence-electron chi connectivity index (χ3n) is 3.29. The quantitative estimate of drug-likeness (QED) is 0.822. The second-order valence-corrected chi connectivity index (χ2v) is 7.72. The van der Waals surface area contributed by atoms with E-state index >= 15 is 0 Å². The zero-order chi connectivity index (χ0) is 14.4. The minimum atomic E-state index is -3.34. The van der Waals surface area contributed by atoms with Gasteiger partial charge in [0.25, 0.3) is 0 Å². The molecule has 0 amide bonds. The smallest absolute Gasteiger partial charge is 0.240 e. The molecule has 7 heteroatoms. The van der Waals surface area contributed by atoms with Crippen LogP contribution in [0.3, 0.4) is 0 Å². The number of hydrogen-bond acceptors (Lipinski definition) is 5. The maximum Gasteiger partial charge on any atom is 0.240 e. The molecule has 1 heterocycles. The molecule has 1 aromatic carbocycles. The predicted molar refractivity (Wildman–Crippen MR) is 84.9 cm³/mol. The van der Waals surface area contributed by atoms with Gasteiger partial charge in [-0.3, -0.25) is 4.90 Å². The molecule has 112 valence electrons. The summed E-state index contributed by atoms with van der Waals surface area (Å²) in [6, 6.07) is 6.84. The van der Waals surface area contributed by atoms with E-state index in [4.69, 9.17) is 0 Å². The lowest BCUT2D eigenvalue weighted by molar-refractivity contribution is 0.314. The van der Waals surface area contributed by atoms with Crippen molar-refractivity contribution in [3.05, 3.63) is 24.3 Å². The first kappa shape index (κ1) is 15.6. The van der Waals surface area contributed by atoms with Crippen molar-refractivity contribution >= 4 is 27.5 Å². The van der Waals surface area contributed by atoms with Crippen molar-refractivity contribution in [1.29, 1.82) is 0 Å². The summed E-state index contributed by atoms with van der Waals surface area (Å²) >= 11 is 2.01. The highest BCUT2D eigenvalue weighted by atomic mass is 32.2. The molecular weight excluding hydrogens is 294 g/mol. The van der Waals surface area contributed by atoms with Crippen molar-refractivity contribution in [2.75, 3.05) is 50.0 Å². The largest absolute Gasteiger partial charge is 0.384 e. The van der Waals surface area contributed by atoms with Crippen molar-refractivity contribution < 1.29 is 8.42 Å². The van der Waals surface area contributed by atoms with Gasteiger partial charge in [-0.2, -0.15) is 11.8 Å². The Hall–Kier alpha value is -0.760. The van der Waals surface area contributed by atoms with E-state index in [-0.39, 0.29) is 0 Å². The fourth-order valence-corrected chi connectivity index (χ4v) is 3.76. The maximum atomic E-state index is 11.6. The van der Waals surface area contributed by atoms with Crippen LogP contribution < -0.4 is 10.0 Å². The van der Waals surface area contributed by atoms with E-state index in [0.29, 0.717) is 4.90 Å². The Morgan fingerprint density at radius 1 is 1.20 bits per heavy atom. The van der Waals surface area contributed by atoms with E-state index in [2.05, 4.69) is 14.9 Å². The molecule has 0 bridgehead atoms. The van der Waals surface area contributed by atoms with Gasteiger partial charge in [0.05, 0.1) is 4.90 Å². The van der Waals surface area contributed by atoms with Gasteiger partial charge in [-0.15, -0.1) is 0 Å². The van der Waals surface area contributed by atoms with Crippen LogP contribution in [-0.4, -0.2) is 58.1 Å². The normalized spacial score (nSPS) is 17.1. The molecule has 1 aliphatic heterocycles. The second kappa shape index (κ2) is 7.31. The van der Waals surface area contributed by atoms with E-state index < -0.39 is 10.0 Å². The SMILES string of the molecule is CNS(=O)(=O)c1ccc(NCCN2CCSCC2)cc1. The van der Waals surface area contributed by atoms with Crippen LogP contribution in [0.5, 0.6) is 0 Å². The van der Waals surface area contributed by atoms with E-state index in [1.54, 1.807) is 24.3 Å². The van der Waals surface area contributed by atoms with E-state index in [1.165, 1.54) is 18.6 Å². The fourth-order valence-electron chi connectivity index (χ4n) is 2.05. The number of rotatable bonds is 6. The minimum absolute atomic E-state index is 0.290. The molecule has 2 N–H and O–H groups in total. The lowest BCUT2D eigenvalue weighted by Crippen LogP contribution is -2.36. The monoisotopic (exact) mass is 315 g/mol. The van der Waals surface area contributed by atoms with Gasteiger partial charge in [0.15, 0.2) is 0 Å². The zero-order valence-corrected chi connectivity index (χ0v) is 13.3. The molecule has 1 fully saturated rings.